The molecule has 1 saturated heterocycles. The van der Waals surface area contributed by atoms with Crippen LogP contribution in [-0.2, 0) is 0 Å². The highest BCUT2D eigenvalue weighted by atomic mass is 16.3. The Balaban J connectivity index is 1.71. The second kappa shape index (κ2) is 6.75. The van der Waals surface area contributed by atoms with Crippen molar-refractivity contribution < 1.29 is 9.90 Å². The number of anilines is 2. The zero-order valence-electron chi connectivity index (χ0n) is 13.1. The number of piperidine rings is 1. The Bertz CT molecular complexity index is 679. The number of benzene rings is 1. The Morgan fingerprint density at radius 1 is 1.22 bits per heavy atom. The molecule has 1 fully saturated rings. The monoisotopic (exact) mass is 312 g/mol. The van der Waals surface area contributed by atoms with Crippen LogP contribution < -0.4 is 5.32 Å². The minimum absolute atomic E-state index is 0.00413. The van der Waals surface area contributed by atoms with Crippen LogP contribution in [0.3, 0.4) is 0 Å². The number of carbonyl (C=O) groups excluding carboxylic acids is 1. The lowest BCUT2D eigenvalue weighted by Gasteiger charge is -2.29. The molecule has 2 aromatic rings. The maximum atomic E-state index is 12.5. The fourth-order valence-corrected chi connectivity index (χ4v) is 2.59. The first-order valence-corrected chi connectivity index (χ1v) is 7.76. The average Bonchev–Trinajstić information content (AvgIpc) is 2.57. The third-order valence-corrected chi connectivity index (χ3v) is 3.93. The van der Waals surface area contributed by atoms with E-state index >= 15 is 0 Å². The minimum atomic E-state index is -0.285. The molecule has 0 unspecified atom stereocenters. The number of nitrogens with one attached hydrogen (secondary N) is 1. The van der Waals surface area contributed by atoms with Crippen LogP contribution >= 0.6 is 0 Å². The van der Waals surface area contributed by atoms with E-state index < -0.39 is 0 Å². The van der Waals surface area contributed by atoms with Crippen molar-refractivity contribution in [2.75, 3.05) is 18.4 Å². The van der Waals surface area contributed by atoms with Crippen LogP contribution in [0, 0.1) is 6.92 Å². The van der Waals surface area contributed by atoms with Gasteiger partial charge in [0.05, 0.1) is 11.8 Å². The second-order valence-electron chi connectivity index (χ2n) is 5.79. The molecule has 2 N–H and O–H groups in total. The molecule has 0 atom stereocenters. The molecule has 1 amide bonds. The van der Waals surface area contributed by atoms with Gasteiger partial charge in [-0.1, -0.05) is 6.07 Å². The van der Waals surface area contributed by atoms with Gasteiger partial charge in [0.15, 0.2) is 5.82 Å². The van der Waals surface area contributed by atoms with Crippen molar-refractivity contribution in [1.82, 2.24) is 15.1 Å². The first-order valence-electron chi connectivity index (χ1n) is 7.76. The molecule has 1 aromatic heterocycles. The smallest absolute Gasteiger partial charge is 0.253 e. The summed E-state index contributed by atoms with van der Waals surface area (Å²) in [4.78, 5) is 14.3. The highest BCUT2D eigenvalue weighted by Gasteiger charge is 2.22. The predicted octanol–water partition coefficient (Wildman–Crippen LogP) is 2.13. The molecule has 2 heterocycles. The summed E-state index contributed by atoms with van der Waals surface area (Å²) >= 11 is 0. The summed E-state index contributed by atoms with van der Waals surface area (Å²) < 4.78 is 0. The van der Waals surface area contributed by atoms with Gasteiger partial charge in [-0.2, -0.15) is 5.10 Å². The summed E-state index contributed by atoms with van der Waals surface area (Å²) in [6.07, 6.45) is 0.998. The minimum Gasteiger partial charge on any atom is -0.393 e. The fourth-order valence-electron chi connectivity index (χ4n) is 2.59. The number of aliphatic hydroxyl groups is 1. The first-order chi connectivity index (χ1) is 11.1. The van der Waals surface area contributed by atoms with Crippen molar-refractivity contribution in [2.45, 2.75) is 25.9 Å². The first kappa shape index (κ1) is 15.4. The molecule has 23 heavy (non-hydrogen) atoms. The lowest BCUT2D eigenvalue weighted by molar-refractivity contribution is 0.0546. The number of aromatic nitrogens is 2. The van der Waals surface area contributed by atoms with Crippen molar-refractivity contribution in [2.24, 2.45) is 0 Å². The Morgan fingerprint density at radius 2 is 2.00 bits per heavy atom. The van der Waals surface area contributed by atoms with Gasteiger partial charge in [-0.05, 0) is 50.1 Å². The largest absolute Gasteiger partial charge is 0.393 e. The molecular formula is C17H20N4O2. The lowest BCUT2D eigenvalue weighted by atomic mass is 10.1. The zero-order chi connectivity index (χ0) is 16.2. The van der Waals surface area contributed by atoms with Gasteiger partial charge in [0.1, 0.15) is 0 Å². The van der Waals surface area contributed by atoms with Crippen molar-refractivity contribution in [3.05, 3.63) is 47.7 Å². The van der Waals surface area contributed by atoms with Crippen LogP contribution in [0.4, 0.5) is 11.5 Å². The van der Waals surface area contributed by atoms with Gasteiger partial charge in [-0.25, -0.2) is 0 Å². The van der Waals surface area contributed by atoms with Crippen molar-refractivity contribution in [3.8, 4) is 0 Å². The molecular weight excluding hydrogens is 292 g/mol. The number of likely N-dealkylation sites (tertiary alicyclic amines) is 1. The third kappa shape index (κ3) is 3.84. The van der Waals surface area contributed by atoms with Crippen LogP contribution in [0.25, 0.3) is 0 Å². The quantitative estimate of drug-likeness (QED) is 0.907. The van der Waals surface area contributed by atoms with E-state index in [9.17, 15) is 9.90 Å². The fraction of sp³-hybridized carbons (Fsp3) is 0.353. The van der Waals surface area contributed by atoms with Crippen molar-refractivity contribution >= 4 is 17.4 Å². The van der Waals surface area contributed by atoms with E-state index in [2.05, 4.69) is 15.5 Å². The van der Waals surface area contributed by atoms with Crippen LogP contribution in [0.15, 0.2) is 36.4 Å². The number of hydrogen-bond acceptors (Lipinski definition) is 5. The summed E-state index contributed by atoms with van der Waals surface area (Å²) in [7, 11) is 0. The molecule has 6 nitrogen and oxygen atoms in total. The molecule has 3 rings (SSSR count). The molecule has 1 aliphatic heterocycles. The Kier molecular flexibility index (Phi) is 4.52. The van der Waals surface area contributed by atoms with Gasteiger partial charge in [0, 0.05) is 24.3 Å². The van der Waals surface area contributed by atoms with Gasteiger partial charge < -0.3 is 15.3 Å². The number of nitrogens with zero attached hydrogens (tertiary/aromatic N) is 3. The van der Waals surface area contributed by atoms with E-state index in [4.69, 9.17) is 0 Å². The molecule has 0 radical (unpaired) electrons. The maximum Gasteiger partial charge on any atom is 0.253 e. The molecule has 120 valence electrons. The van der Waals surface area contributed by atoms with Crippen molar-refractivity contribution in [3.63, 3.8) is 0 Å². The van der Waals surface area contributed by atoms with E-state index in [1.165, 1.54) is 0 Å². The van der Waals surface area contributed by atoms with Crippen LogP contribution in [0.5, 0.6) is 0 Å². The highest BCUT2D eigenvalue weighted by Crippen LogP contribution is 2.19. The standard InChI is InChI=1S/C17H20N4O2/c1-12-5-6-16(20-19-12)18-14-4-2-3-13(11-14)17(23)21-9-7-15(22)8-10-21/h2-6,11,15,22H,7-10H2,1H3,(H,18,20). The summed E-state index contributed by atoms with van der Waals surface area (Å²) in [6, 6.07) is 11.1. The zero-order valence-corrected chi connectivity index (χ0v) is 13.1. The summed E-state index contributed by atoms with van der Waals surface area (Å²) in [5.41, 5.74) is 2.28. The second-order valence-corrected chi connectivity index (χ2v) is 5.79. The normalized spacial score (nSPS) is 15.5. The number of aryl methyl sites for hydroxylation is 1. The molecule has 0 bridgehead atoms. The molecule has 1 aliphatic rings. The highest BCUT2D eigenvalue weighted by molar-refractivity contribution is 5.95. The van der Waals surface area contributed by atoms with E-state index in [1.807, 2.05) is 37.3 Å². The van der Waals surface area contributed by atoms with Crippen LogP contribution in [0.1, 0.15) is 28.9 Å². The Labute approximate surface area is 135 Å². The van der Waals surface area contributed by atoms with Gasteiger partial charge >= 0.3 is 0 Å². The van der Waals surface area contributed by atoms with Gasteiger partial charge in [0.2, 0.25) is 0 Å². The Morgan fingerprint density at radius 3 is 2.70 bits per heavy atom. The number of aliphatic hydroxyl groups excluding tert-OH is 1. The molecule has 1 aromatic carbocycles. The van der Waals surface area contributed by atoms with Crippen LogP contribution in [0.2, 0.25) is 0 Å². The van der Waals surface area contributed by atoms with Gasteiger partial charge in [0.25, 0.3) is 5.91 Å². The van der Waals surface area contributed by atoms with Gasteiger partial charge in [-0.15, -0.1) is 5.10 Å². The van der Waals surface area contributed by atoms with E-state index in [0.29, 0.717) is 37.3 Å². The SMILES string of the molecule is Cc1ccc(Nc2cccc(C(=O)N3CCC(O)CC3)c2)nn1. The topological polar surface area (TPSA) is 78.4 Å². The number of rotatable bonds is 3. The number of amides is 1. The lowest BCUT2D eigenvalue weighted by Crippen LogP contribution is -2.40. The third-order valence-electron chi connectivity index (χ3n) is 3.93. The predicted molar refractivity (Wildman–Crippen MR) is 87.6 cm³/mol. The van der Waals surface area contributed by atoms with Crippen LogP contribution in [-0.4, -0.2) is 45.3 Å². The maximum absolute atomic E-state index is 12.5. The van der Waals surface area contributed by atoms with Gasteiger partial charge in [-0.3, -0.25) is 4.79 Å². The van der Waals surface area contributed by atoms with Crippen molar-refractivity contribution in [1.29, 1.82) is 0 Å². The van der Waals surface area contributed by atoms with E-state index in [0.717, 1.165) is 11.4 Å². The van der Waals surface area contributed by atoms with E-state index in [1.54, 1.807) is 11.0 Å². The Hall–Kier alpha value is -2.47. The summed E-state index contributed by atoms with van der Waals surface area (Å²) in [5, 5.41) is 20.8. The summed E-state index contributed by atoms with van der Waals surface area (Å²) in [5.74, 6) is 0.636. The molecule has 6 heteroatoms. The van der Waals surface area contributed by atoms with E-state index in [-0.39, 0.29) is 12.0 Å². The number of hydrogen-bond donors (Lipinski definition) is 2. The molecule has 0 saturated carbocycles. The number of carbonyl (C=O) groups is 1. The molecule has 0 spiro atoms. The summed E-state index contributed by atoms with van der Waals surface area (Å²) in [6.45, 7) is 3.08. The molecule has 0 aliphatic carbocycles. The average molecular weight is 312 g/mol.